The van der Waals surface area contributed by atoms with E-state index in [-0.39, 0.29) is 53.6 Å². The quantitative estimate of drug-likeness (QED) is 0.181. The first kappa shape index (κ1) is 38.5. The number of carbonyl (C=O) groups is 3. The average Bonchev–Trinajstić information content (AvgIpc) is 3.34. The molecule has 2 unspecified atom stereocenters. The predicted molar refractivity (Wildman–Crippen MR) is 168 cm³/mol. The molecule has 0 spiro atoms. The number of nitrogens with one attached hydrogen (secondary N) is 1. The number of thioether (sulfide) groups is 1. The molecule has 10 atom stereocenters. The minimum atomic E-state index is -0.787. The number of amidine groups is 1. The zero-order valence-corrected chi connectivity index (χ0v) is 28.8. The average molecular weight is 636 g/mol. The molecule has 0 saturated carbocycles. The Morgan fingerprint density at radius 2 is 1.36 bits per heavy atom. The van der Waals surface area contributed by atoms with Gasteiger partial charge in [-0.05, 0) is 12.8 Å². The van der Waals surface area contributed by atoms with Gasteiger partial charge in [0.1, 0.15) is 29.7 Å². The van der Waals surface area contributed by atoms with Crippen molar-refractivity contribution in [3.63, 3.8) is 0 Å². The normalized spacial score (nSPS) is 33.4. The van der Waals surface area contributed by atoms with Gasteiger partial charge in [-0.3, -0.25) is 24.7 Å². The Bertz CT molecular complexity index is 893. The van der Waals surface area contributed by atoms with Gasteiger partial charge in [0, 0.05) is 52.6 Å². The van der Waals surface area contributed by atoms with Crippen LogP contribution in [0.5, 0.6) is 0 Å². The number of carbonyl (C=O) groups excluding carboxylic acids is 3. The lowest BCUT2D eigenvalue weighted by atomic mass is 9.87. The minimum absolute atomic E-state index is 0.00640. The number of hydrogen-bond acceptors (Lipinski definition) is 13. The number of fused-ring (bicyclic) bond motifs is 1. The van der Waals surface area contributed by atoms with Crippen molar-refractivity contribution in [3.05, 3.63) is 0 Å². The topological polar surface area (TPSA) is 125 Å². The maximum absolute atomic E-state index is 11.3. The third-order valence-electron chi connectivity index (χ3n) is 6.97. The standard InChI is InChI=1S/C13H22N2O3S.C13H23NO5S.C3H8/c1-6-9-7(2)11(17-8(3)16)10-12(18-9)19-13(14-10)15(4)5;1-5-10-7(2)12(17-8(3)15)11(14-6-20)13(19-10)18-9(4)16;1-3-2/h7,9-12H,6H2,1-5H3;7,10-14,20H,5-6H2,1-4H3;3H2,1-2H3/t7-,9-,10-,11+,12-;7-,10-,11?,12+,13?;/m11./s1. The van der Waals surface area contributed by atoms with Gasteiger partial charge in [0.15, 0.2) is 5.17 Å². The van der Waals surface area contributed by atoms with E-state index < -0.39 is 24.4 Å². The highest BCUT2D eigenvalue weighted by Crippen LogP contribution is 2.41. The van der Waals surface area contributed by atoms with Gasteiger partial charge in [0.25, 0.3) is 0 Å². The van der Waals surface area contributed by atoms with E-state index in [1.807, 2.05) is 32.8 Å². The molecular weight excluding hydrogens is 582 g/mol. The van der Waals surface area contributed by atoms with Crippen molar-refractivity contribution >= 4 is 47.5 Å². The maximum atomic E-state index is 11.3. The van der Waals surface area contributed by atoms with E-state index in [0.29, 0.717) is 5.88 Å². The van der Waals surface area contributed by atoms with Gasteiger partial charge in [-0.15, -0.1) is 0 Å². The highest BCUT2D eigenvalue weighted by Gasteiger charge is 2.49. The number of nitrogens with zero attached hydrogens (tertiary/aromatic N) is 2. The van der Waals surface area contributed by atoms with Crippen molar-refractivity contribution in [2.45, 2.75) is 130 Å². The molecule has 2 saturated heterocycles. The number of hydrogen-bond donors (Lipinski definition) is 2. The SMILES string of the molecule is CCC.CC[C@H]1OC(OC(C)=O)C(NCS)[C@@H](OC(C)=O)[C@@H]1C.CC[C@H]1O[C@@H]2SC(N(C)C)=N[C@@H]2[C@@H](OC(C)=O)[C@@H]1C. The number of rotatable bonds is 7. The monoisotopic (exact) mass is 635 g/mol. The summed E-state index contributed by atoms with van der Waals surface area (Å²) in [6, 6.07) is -0.526. The lowest BCUT2D eigenvalue weighted by Gasteiger charge is -2.44. The summed E-state index contributed by atoms with van der Waals surface area (Å²) in [4.78, 5) is 40.5. The van der Waals surface area contributed by atoms with Crippen LogP contribution in [-0.2, 0) is 38.1 Å². The Kier molecular flexibility index (Phi) is 17.4. The van der Waals surface area contributed by atoms with Crippen molar-refractivity contribution in [1.29, 1.82) is 0 Å². The van der Waals surface area contributed by atoms with Crippen LogP contribution in [0.4, 0.5) is 0 Å². The number of thiol groups is 1. The lowest BCUT2D eigenvalue weighted by Crippen LogP contribution is -2.61. The highest BCUT2D eigenvalue weighted by atomic mass is 32.2. The molecule has 0 aromatic heterocycles. The van der Waals surface area contributed by atoms with Gasteiger partial charge in [-0.2, -0.15) is 12.6 Å². The molecule has 3 aliphatic heterocycles. The van der Waals surface area contributed by atoms with E-state index in [1.165, 1.54) is 27.2 Å². The Morgan fingerprint density at radius 3 is 1.81 bits per heavy atom. The molecule has 0 radical (unpaired) electrons. The first-order valence-corrected chi connectivity index (χ1v) is 16.4. The second kappa shape index (κ2) is 19.0. The third kappa shape index (κ3) is 11.2. The van der Waals surface area contributed by atoms with Crippen LogP contribution in [0.25, 0.3) is 0 Å². The fraction of sp³-hybridized carbons (Fsp3) is 0.862. The summed E-state index contributed by atoms with van der Waals surface area (Å²) in [5, 5.41) is 4.00. The largest absolute Gasteiger partial charge is 0.460 e. The van der Waals surface area contributed by atoms with E-state index in [4.69, 9.17) is 23.7 Å². The van der Waals surface area contributed by atoms with Gasteiger partial charge in [0.05, 0.1) is 12.2 Å². The molecule has 0 bridgehead atoms. The molecule has 0 amide bonds. The van der Waals surface area contributed by atoms with Crippen LogP contribution in [-0.4, -0.2) is 96.2 Å². The van der Waals surface area contributed by atoms with Crippen molar-refractivity contribution in [2.24, 2.45) is 16.8 Å². The maximum Gasteiger partial charge on any atom is 0.304 e. The second-order valence-corrected chi connectivity index (χ2v) is 12.3. The van der Waals surface area contributed by atoms with Crippen LogP contribution in [0, 0.1) is 11.8 Å². The zero-order chi connectivity index (χ0) is 32.1. The van der Waals surface area contributed by atoms with Crippen LogP contribution < -0.4 is 5.32 Å². The molecule has 0 aliphatic carbocycles. The molecule has 3 rings (SSSR count). The van der Waals surface area contributed by atoms with Crippen LogP contribution in [0.1, 0.15) is 81.6 Å². The zero-order valence-electron chi connectivity index (χ0n) is 27.1. The van der Waals surface area contributed by atoms with Crippen molar-refractivity contribution in [3.8, 4) is 0 Å². The number of ether oxygens (including phenoxy) is 5. The molecule has 244 valence electrons. The summed E-state index contributed by atoms with van der Waals surface area (Å²) in [5.41, 5.74) is -0.0390. The van der Waals surface area contributed by atoms with Gasteiger partial charge in [-0.1, -0.05) is 59.7 Å². The first-order valence-electron chi connectivity index (χ1n) is 14.8. The van der Waals surface area contributed by atoms with Crippen molar-refractivity contribution in [1.82, 2.24) is 10.2 Å². The Hall–Kier alpha value is -1.54. The van der Waals surface area contributed by atoms with E-state index in [9.17, 15) is 14.4 Å². The van der Waals surface area contributed by atoms with Gasteiger partial charge >= 0.3 is 17.9 Å². The van der Waals surface area contributed by atoms with E-state index >= 15 is 0 Å². The number of aliphatic imine (C=N–C) groups is 1. The molecule has 0 aromatic rings. The molecule has 2 fully saturated rings. The van der Waals surface area contributed by atoms with E-state index in [1.54, 1.807) is 11.8 Å². The fourth-order valence-corrected chi connectivity index (χ4v) is 6.47. The van der Waals surface area contributed by atoms with Crippen LogP contribution in [0.15, 0.2) is 4.99 Å². The van der Waals surface area contributed by atoms with Gasteiger partial charge in [-0.25, -0.2) is 0 Å². The first-order chi connectivity index (χ1) is 19.7. The summed E-state index contributed by atoms with van der Waals surface area (Å²) in [7, 11) is 3.93. The van der Waals surface area contributed by atoms with Crippen molar-refractivity contribution in [2.75, 3.05) is 20.0 Å². The summed E-state index contributed by atoms with van der Waals surface area (Å²) in [6.45, 7) is 16.5. The van der Waals surface area contributed by atoms with E-state index in [2.05, 4.69) is 50.6 Å². The second-order valence-electron chi connectivity index (χ2n) is 10.9. The van der Waals surface area contributed by atoms with Gasteiger partial charge in [0.2, 0.25) is 6.29 Å². The van der Waals surface area contributed by atoms with Crippen LogP contribution in [0.2, 0.25) is 0 Å². The molecule has 11 nitrogen and oxygen atoms in total. The summed E-state index contributed by atoms with van der Waals surface area (Å²) in [6.07, 6.45) is 1.49. The molecule has 3 aliphatic rings. The smallest absolute Gasteiger partial charge is 0.304 e. The lowest BCUT2D eigenvalue weighted by molar-refractivity contribution is -0.246. The minimum Gasteiger partial charge on any atom is -0.460 e. The molecular formula is C29H53N3O8S2. The Morgan fingerprint density at radius 1 is 0.881 bits per heavy atom. The number of esters is 3. The molecule has 42 heavy (non-hydrogen) atoms. The Labute approximate surface area is 261 Å². The molecule has 3 heterocycles. The van der Waals surface area contributed by atoms with Crippen molar-refractivity contribution < 1.29 is 38.1 Å². The summed E-state index contributed by atoms with van der Waals surface area (Å²) >= 11 is 5.74. The molecule has 13 heteroatoms. The molecule has 0 aromatic carbocycles. The predicted octanol–water partition coefficient (Wildman–Crippen LogP) is 4.24. The van der Waals surface area contributed by atoms with Crippen LogP contribution in [0.3, 0.4) is 0 Å². The third-order valence-corrected chi connectivity index (χ3v) is 8.46. The highest BCUT2D eigenvalue weighted by molar-refractivity contribution is 8.14. The Balaban J connectivity index is 0.000000384. The van der Waals surface area contributed by atoms with Crippen LogP contribution >= 0.6 is 24.4 Å². The molecule has 1 N–H and O–H groups in total. The summed E-state index contributed by atoms with van der Waals surface area (Å²) in [5.74, 6) is -0.536. The fourth-order valence-electron chi connectivity index (χ4n) is 5.10. The van der Waals surface area contributed by atoms with E-state index in [0.717, 1.165) is 18.0 Å². The van der Waals surface area contributed by atoms with Gasteiger partial charge < -0.3 is 28.6 Å². The summed E-state index contributed by atoms with van der Waals surface area (Å²) < 4.78 is 28.0.